The standard InChI is InChI=1S/C15H16N2O3/c1-19-13-6-3-7-14(9-13)20-10-11-4-2-5-12(8-11)15(18)17-16/h2-9H,10,16H2,1H3,(H,17,18). The summed E-state index contributed by atoms with van der Waals surface area (Å²) in [6, 6.07) is 14.4. The topological polar surface area (TPSA) is 73.6 Å². The Balaban J connectivity index is 2.05. The molecular formula is C15H16N2O3. The number of methoxy groups -OCH3 is 1. The smallest absolute Gasteiger partial charge is 0.265 e. The predicted molar refractivity (Wildman–Crippen MR) is 75.4 cm³/mol. The van der Waals surface area contributed by atoms with Crippen LogP contribution in [0.1, 0.15) is 15.9 Å². The van der Waals surface area contributed by atoms with Gasteiger partial charge in [-0.05, 0) is 29.8 Å². The molecule has 0 heterocycles. The van der Waals surface area contributed by atoms with Crippen LogP contribution >= 0.6 is 0 Å². The Morgan fingerprint density at radius 1 is 1.15 bits per heavy atom. The lowest BCUT2D eigenvalue weighted by Gasteiger charge is -2.08. The molecule has 0 atom stereocenters. The van der Waals surface area contributed by atoms with Crippen molar-refractivity contribution in [3.63, 3.8) is 0 Å². The van der Waals surface area contributed by atoms with E-state index in [0.717, 1.165) is 11.3 Å². The second-order valence-corrected chi connectivity index (χ2v) is 4.14. The molecule has 3 N–H and O–H groups in total. The summed E-state index contributed by atoms with van der Waals surface area (Å²) in [5.74, 6) is 6.22. The minimum Gasteiger partial charge on any atom is -0.497 e. The molecule has 0 spiro atoms. The highest BCUT2D eigenvalue weighted by molar-refractivity contribution is 5.93. The van der Waals surface area contributed by atoms with Crippen LogP contribution in [0.3, 0.4) is 0 Å². The average molecular weight is 272 g/mol. The number of hydrogen-bond acceptors (Lipinski definition) is 4. The Morgan fingerprint density at radius 2 is 1.90 bits per heavy atom. The summed E-state index contributed by atoms with van der Waals surface area (Å²) < 4.78 is 10.8. The van der Waals surface area contributed by atoms with Crippen molar-refractivity contribution in [2.45, 2.75) is 6.61 Å². The monoisotopic (exact) mass is 272 g/mol. The summed E-state index contributed by atoms with van der Waals surface area (Å²) in [6.07, 6.45) is 0. The molecule has 20 heavy (non-hydrogen) atoms. The van der Waals surface area contributed by atoms with E-state index in [-0.39, 0.29) is 5.91 Å². The molecule has 5 heteroatoms. The fourth-order valence-electron chi connectivity index (χ4n) is 1.74. The molecule has 0 aliphatic heterocycles. The first kappa shape index (κ1) is 13.9. The second kappa shape index (κ2) is 6.58. The van der Waals surface area contributed by atoms with Gasteiger partial charge in [-0.1, -0.05) is 18.2 Å². The van der Waals surface area contributed by atoms with Crippen LogP contribution in [-0.4, -0.2) is 13.0 Å². The predicted octanol–water partition coefficient (Wildman–Crippen LogP) is 1.88. The minimum atomic E-state index is -0.326. The normalized spacial score (nSPS) is 9.90. The first-order chi connectivity index (χ1) is 9.72. The fourth-order valence-corrected chi connectivity index (χ4v) is 1.74. The van der Waals surface area contributed by atoms with Gasteiger partial charge in [0.2, 0.25) is 0 Å². The van der Waals surface area contributed by atoms with Gasteiger partial charge in [0.1, 0.15) is 18.1 Å². The van der Waals surface area contributed by atoms with Gasteiger partial charge in [0.25, 0.3) is 5.91 Å². The van der Waals surface area contributed by atoms with Gasteiger partial charge in [0.05, 0.1) is 7.11 Å². The van der Waals surface area contributed by atoms with Gasteiger partial charge in [0, 0.05) is 11.6 Å². The number of amides is 1. The first-order valence-corrected chi connectivity index (χ1v) is 6.09. The number of nitrogens with one attached hydrogen (secondary N) is 1. The molecule has 0 saturated heterocycles. The molecule has 0 radical (unpaired) electrons. The van der Waals surface area contributed by atoms with Gasteiger partial charge in [-0.2, -0.15) is 0 Å². The molecule has 2 aromatic carbocycles. The highest BCUT2D eigenvalue weighted by Crippen LogP contribution is 2.20. The Labute approximate surface area is 117 Å². The average Bonchev–Trinajstić information content (AvgIpc) is 2.52. The van der Waals surface area contributed by atoms with Crippen LogP contribution in [-0.2, 0) is 6.61 Å². The third kappa shape index (κ3) is 3.49. The van der Waals surface area contributed by atoms with Crippen molar-refractivity contribution in [2.75, 3.05) is 7.11 Å². The highest BCUT2D eigenvalue weighted by atomic mass is 16.5. The van der Waals surface area contributed by atoms with Crippen LogP contribution in [0.25, 0.3) is 0 Å². The van der Waals surface area contributed by atoms with Crippen LogP contribution in [0, 0.1) is 0 Å². The van der Waals surface area contributed by atoms with Crippen LogP contribution in [0.5, 0.6) is 11.5 Å². The Morgan fingerprint density at radius 3 is 2.65 bits per heavy atom. The third-order valence-corrected chi connectivity index (χ3v) is 2.77. The van der Waals surface area contributed by atoms with Gasteiger partial charge in [-0.25, -0.2) is 5.84 Å². The molecular weight excluding hydrogens is 256 g/mol. The van der Waals surface area contributed by atoms with Gasteiger partial charge in [-0.15, -0.1) is 0 Å². The largest absolute Gasteiger partial charge is 0.497 e. The maximum absolute atomic E-state index is 11.4. The fraction of sp³-hybridized carbons (Fsp3) is 0.133. The van der Waals surface area contributed by atoms with Crippen molar-refractivity contribution in [3.05, 3.63) is 59.7 Å². The quantitative estimate of drug-likeness (QED) is 0.495. The number of carbonyl (C=O) groups is 1. The molecule has 1 amide bonds. The molecule has 2 aromatic rings. The van der Waals surface area contributed by atoms with E-state index in [1.165, 1.54) is 0 Å². The van der Waals surface area contributed by atoms with Gasteiger partial charge in [0.15, 0.2) is 0 Å². The molecule has 0 bridgehead atoms. The summed E-state index contributed by atoms with van der Waals surface area (Å²) in [5.41, 5.74) is 3.48. The Kier molecular flexibility index (Phi) is 4.57. The maximum Gasteiger partial charge on any atom is 0.265 e. The Bertz CT molecular complexity index is 599. The van der Waals surface area contributed by atoms with Crippen molar-refractivity contribution in [1.29, 1.82) is 0 Å². The number of ether oxygens (including phenoxy) is 2. The summed E-state index contributed by atoms with van der Waals surface area (Å²) in [5, 5.41) is 0. The molecule has 0 unspecified atom stereocenters. The van der Waals surface area contributed by atoms with Crippen molar-refractivity contribution in [2.24, 2.45) is 5.84 Å². The number of hydrogen-bond donors (Lipinski definition) is 2. The number of rotatable bonds is 5. The van der Waals surface area contributed by atoms with Crippen LogP contribution < -0.4 is 20.7 Å². The zero-order valence-electron chi connectivity index (χ0n) is 11.1. The molecule has 2 rings (SSSR count). The van der Waals surface area contributed by atoms with E-state index in [1.54, 1.807) is 31.4 Å². The molecule has 0 aliphatic rings. The van der Waals surface area contributed by atoms with Gasteiger partial charge < -0.3 is 9.47 Å². The van der Waals surface area contributed by atoms with E-state index < -0.39 is 0 Å². The van der Waals surface area contributed by atoms with Crippen molar-refractivity contribution >= 4 is 5.91 Å². The number of nitrogens with two attached hydrogens (primary N) is 1. The Hall–Kier alpha value is -2.53. The van der Waals surface area contributed by atoms with E-state index >= 15 is 0 Å². The number of nitrogen functional groups attached to an aromatic ring is 1. The molecule has 0 saturated carbocycles. The van der Waals surface area contributed by atoms with Crippen LogP contribution in [0.4, 0.5) is 0 Å². The summed E-state index contributed by atoms with van der Waals surface area (Å²) in [6.45, 7) is 0.360. The van der Waals surface area contributed by atoms with Gasteiger partial charge >= 0.3 is 0 Å². The lowest BCUT2D eigenvalue weighted by Crippen LogP contribution is -2.30. The minimum absolute atomic E-state index is 0.326. The van der Waals surface area contributed by atoms with Crippen LogP contribution in [0.15, 0.2) is 48.5 Å². The lowest BCUT2D eigenvalue weighted by molar-refractivity contribution is 0.0953. The molecule has 0 fully saturated rings. The van der Waals surface area contributed by atoms with Crippen LogP contribution in [0.2, 0.25) is 0 Å². The van der Waals surface area contributed by atoms with E-state index in [0.29, 0.717) is 17.9 Å². The van der Waals surface area contributed by atoms with E-state index in [9.17, 15) is 4.79 Å². The summed E-state index contributed by atoms with van der Waals surface area (Å²) in [4.78, 5) is 11.4. The lowest BCUT2D eigenvalue weighted by atomic mass is 10.1. The zero-order chi connectivity index (χ0) is 14.4. The zero-order valence-corrected chi connectivity index (χ0v) is 11.1. The highest BCUT2D eigenvalue weighted by Gasteiger charge is 2.04. The first-order valence-electron chi connectivity index (χ1n) is 6.09. The maximum atomic E-state index is 11.4. The van der Waals surface area contributed by atoms with Gasteiger partial charge in [-0.3, -0.25) is 10.2 Å². The second-order valence-electron chi connectivity index (χ2n) is 4.14. The van der Waals surface area contributed by atoms with E-state index in [4.69, 9.17) is 15.3 Å². The molecule has 0 aliphatic carbocycles. The molecule has 0 aromatic heterocycles. The van der Waals surface area contributed by atoms with Crippen molar-refractivity contribution in [3.8, 4) is 11.5 Å². The number of hydrazine groups is 1. The molecule has 104 valence electrons. The van der Waals surface area contributed by atoms with E-state index in [2.05, 4.69) is 5.43 Å². The third-order valence-electron chi connectivity index (χ3n) is 2.77. The number of benzene rings is 2. The number of carbonyl (C=O) groups excluding carboxylic acids is 1. The SMILES string of the molecule is COc1cccc(OCc2cccc(C(=O)NN)c2)c1. The summed E-state index contributed by atoms with van der Waals surface area (Å²) in [7, 11) is 1.61. The van der Waals surface area contributed by atoms with Crippen molar-refractivity contribution < 1.29 is 14.3 Å². The molecule has 5 nitrogen and oxygen atoms in total. The van der Waals surface area contributed by atoms with Crippen molar-refractivity contribution in [1.82, 2.24) is 5.43 Å². The van der Waals surface area contributed by atoms with E-state index in [1.807, 2.05) is 24.3 Å². The summed E-state index contributed by atoms with van der Waals surface area (Å²) >= 11 is 0.